The minimum absolute atomic E-state index is 0.0373. The number of carbonyl (C=O) groups is 1. The molecule has 0 radical (unpaired) electrons. The number of carbonyl (C=O) groups excluding carboxylic acids is 1. The van der Waals surface area contributed by atoms with E-state index in [0.29, 0.717) is 22.6 Å². The quantitative estimate of drug-likeness (QED) is 0.604. The number of amides is 1. The minimum atomic E-state index is -0.353. The number of rotatable bonds is 4. The minimum Gasteiger partial charge on any atom is -0.454 e. The number of anilines is 1. The van der Waals surface area contributed by atoms with Gasteiger partial charge in [0.15, 0.2) is 11.5 Å². The molecule has 0 saturated heterocycles. The van der Waals surface area contributed by atoms with E-state index in [1.807, 2.05) is 48.2 Å². The van der Waals surface area contributed by atoms with Crippen molar-refractivity contribution in [2.75, 3.05) is 11.7 Å². The molecule has 7 nitrogen and oxygen atoms in total. The number of hydrogen-bond donors (Lipinski definition) is 0. The van der Waals surface area contributed by atoms with Crippen LogP contribution in [-0.4, -0.2) is 34.2 Å². The van der Waals surface area contributed by atoms with E-state index in [4.69, 9.17) is 13.9 Å². The third kappa shape index (κ3) is 3.23. The molecule has 29 heavy (non-hydrogen) atoms. The van der Waals surface area contributed by atoms with Crippen LogP contribution in [0.1, 0.15) is 19.4 Å². The van der Waals surface area contributed by atoms with Crippen LogP contribution in [0.5, 0.6) is 11.5 Å². The molecule has 1 amide bonds. The summed E-state index contributed by atoms with van der Waals surface area (Å²) in [5.74, 6) is 1.77. The molecule has 0 saturated carbocycles. The number of fused-ring (bicyclic) bond motifs is 2. The molecule has 1 aromatic heterocycles. The fraction of sp³-hybridized carbons (Fsp3) is 0.286. The van der Waals surface area contributed by atoms with Gasteiger partial charge >= 0.3 is 0 Å². The third-order valence-electron chi connectivity index (χ3n) is 5.10. The van der Waals surface area contributed by atoms with E-state index >= 15 is 0 Å². The van der Waals surface area contributed by atoms with Crippen molar-refractivity contribution in [2.24, 2.45) is 0 Å². The lowest BCUT2D eigenvalue weighted by atomic mass is 10.1. The highest BCUT2D eigenvalue weighted by atomic mass is 32.2. The van der Waals surface area contributed by atoms with Crippen molar-refractivity contribution in [1.82, 2.24) is 10.2 Å². The molecule has 2 atom stereocenters. The van der Waals surface area contributed by atoms with E-state index in [2.05, 4.69) is 23.2 Å². The van der Waals surface area contributed by atoms with Crippen LogP contribution in [-0.2, 0) is 11.2 Å². The normalized spacial score (nSPS) is 18.0. The van der Waals surface area contributed by atoms with Crippen molar-refractivity contribution in [3.63, 3.8) is 0 Å². The van der Waals surface area contributed by atoms with E-state index in [1.165, 1.54) is 17.3 Å². The van der Waals surface area contributed by atoms with Gasteiger partial charge in [0.1, 0.15) is 0 Å². The first kappa shape index (κ1) is 18.1. The first-order chi connectivity index (χ1) is 14.1. The molecule has 2 aromatic carbocycles. The topological polar surface area (TPSA) is 77.7 Å². The van der Waals surface area contributed by atoms with Crippen LogP contribution >= 0.6 is 11.8 Å². The number of ether oxygens (including phenoxy) is 2. The van der Waals surface area contributed by atoms with Crippen molar-refractivity contribution in [2.45, 2.75) is 36.8 Å². The lowest BCUT2D eigenvalue weighted by molar-refractivity contribution is -0.118. The second-order valence-corrected chi connectivity index (χ2v) is 8.38. The van der Waals surface area contributed by atoms with E-state index in [9.17, 15) is 4.79 Å². The highest BCUT2D eigenvalue weighted by Gasteiger charge is 2.34. The Morgan fingerprint density at radius 1 is 1.17 bits per heavy atom. The Kier molecular flexibility index (Phi) is 4.43. The maximum Gasteiger partial charge on any atom is 0.277 e. The smallest absolute Gasteiger partial charge is 0.277 e. The molecule has 3 heterocycles. The number of thioether (sulfide) groups is 1. The number of hydrogen-bond acceptors (Lipinski definition) is 7. The summed E-state index contributed by atoms with van der Waals surface area (Å²) in [6.07, 6.45) is 0.869. The van der Waals surface area contributed by atoms with Gasteiger partial charge in [-0.25, -0.2) is 0 Å². The Labute approximate surface area is 172 Å². The molecule has 0 aliphatic carbocycles. The zero-order valence-electron chi connectivity index (χ0n) is 16.0. The van der Waals surface area contributed by atoms with Gasteiger partial charge < -0.3 is 18.8 Å². The molecule has 0 N–H and O–H groups in total. The second kappa shape index (κ2) is 7.11. The maximum atomic E-state index is 13.1. The van der Waals surface area contributed by atoms with Crippen molar-refractivity contribution in [3.05, 3.63) is 48.0 Å². The molecule has 2 aliphatic rings. The van der Waals surface area contributed by atoms with Crippen LogP contribution in [0.3, 0.4) is 0 Å². The number of aromatic nitrogens is 2. The Morgan fingerprint density at radius 3 is 2.90 bits per heavy atom. The van der Waals surface area contributed by atoms with E-state index in [1.54, 1.807) is 0 Å². The van der Waals surface area contributed by atoms with E-state index in [0.717, 1.165) is 17.7 Å². The Bertz CT molecular complexity index is 1080. The summed E-state index contributed by atoms with van der Waals surface area (Å²) in [7, 11) is 0. The highest BCUT2D eigenvalue weighted by Crippen LogP contribution is 2.37. The number of benzene rings is 2. The van der Waals surface area contributed by atoms with E-state index in [-0.39, 0.29) is 24.0 Å². The molecule has 3 aromatic rings. The Morgan fingerprint density at radius 2 is 2.00 bits per heavy atom. The summed E-state index contributed by atoms with van der Waals surface area (Å²) < 4.78 is 16.5. The van der Waals surface area contributed by atoms with Crippen LogP contribution in [0.4, 0.5) is 5.69 Å². The fourth-order valence-corrected chi connectivity index (χ4v) is 4.43. The van der Waals surface area contributed by atoms with Crippen LogP contribution in [0.15, 0.2) is 52.1 Å². The van der Waals surface area contributed by atoms with Gasteiger partial charge in [-0.1, -0.05) is 30.0 Å². The SMILES string of the molecule is C[C@@H]1Cc2ccccc2N1C(=O)[C@@H](C)Sc1nnc(-c2ccc3c(c2)OCO3)o1. The van der Waals surface area contributed by atoms with Gasteiger partial charge in [0.05, 0.1) is 5.25 Å². The molecule has 8 heteroatoms. The number of para-hydroxylation sites is 1. The molecular formula is C21H19N3O4S. The van der Waals surface area contributed by atoms with Crippen molar-refractivity contribution >= 4 is 23.4 Å². The zero-order valence-corrected chi connectivity index (χ0v) is 16.8. The summed E-state index contributed by atoms with van der Waals surface area (Å²) in [6, 6.07) is 13.6. The summed E-state index contributed by atoms with van der Waals surface area (Å²) >= 11 is 1.27. The van der Waals surface area contributed by atoms with Crippen LogP contribution < -0.4 is 14.4 Å². The van der Waals surface area contributed by atoms with Gasteiger partial charge in [-0.2, -0.15) is 0 Å². The molecular weight excluding hydrogens is 390 g/mol. The predicted octanol–water partition coefficient (Wildman–Crippen LogP) is 3.92. The molecule has 0 fully saturated rings. The lowest BCUT2D eigenvalue weighted by Crippen LogP contribution is -2.40. The third-order valence-corrected chi connectivity index (χ3v) is 6.02. The summed E-state index contributed by atoms with van der Waals surface area (Å²) in [5.41, 5.74) is 2.94. The Hall–Kier alpha value is -3.00. The highest BCUT2D eigenvalue weighted by molar-refractivity contribution is 8.00. The average molecular weight is 409 g/mol. The van der Waals surface area contributed by atoms with Gasteiger partial charge in [-0.15, -0.1) is 10.2 Å². The van der Waals surface area contributed by atoms with Crippen LogP contribution in [0.25, 0.3) is 11.5 Å². The fourth-order valence-electron chi connectivity index (χ4n) is 3.70. The molecule has 0 spiro atoms. The monoisotopic (exact) mass is 409 g/mol. The van der Waals surface area contributed by atoms with E-state index < -0.39 is 0 Å². The number of nitrogens with zero attached hydrogens (tertiary/aromatic N) is 3. The Balaban J connectivity index is 1.32. The summed E-state index contributed by atoms with van der Waals surface area (Å²) in [4.78, 5) is 15.0. The first-order valence-corrected chi connectivity index (χ1v) is 10.3. The van der Waals surface area contributed by atoms with Gasteiger partial charge in [-0.05, 0) is 50.1 Å². The molecule has 0 bridgehead atoms. The second-order valence-electron chi connectivity index (χ2n) is 7.09. The van der Waals surface area contributed by atoms with Gasteiger partial charge in [0, 0.05) is 17.3 Å². The lowest BCUT2D eigenvalue weighted by Gasteiger charge is -2.25. The average Bonchev–Trinajstić information content (AvgIpc) is 3.44. The molecule has 2 aliphatic heterocycles. The predicted molar refractivity (Wildman–Crippen MR) is 108 cm³/mol. The van der Waals surface area contributed by atoms with Crippen molar-refractivity contribution < 1.29 is 18.7 Å². The van der Waals surface area contributed by atoms with Crippen molar-refractivity contribution in [3.8, 4) is 23.0 Å². The van der Waals surface area contributed by atoms with Crippen LogP contribution in [0.2, 0.25) is 0 Å². The standard InChI is InChI=1S/C21H19N3O4S/c1-12-9-14-5-3-4-6-16(14)24(12)20(25)13(2)29-21-23-22-19(28-21)15-7-8-17-18(10-15)27-11-26-17/h3-8,10,12-13H,9,11H2,1-2H3/t12-,13-/m1/s1. The van der Waals surface area contributed by atoms with Gasteiger partial charge in [0.25, 0.3) is 5.22 Å². The van der Waals surface area contributed by atoms with Gasteiger partial charge in [0.2, 0.25) is 18.6 Å². The van der Waals surface area contributed by atoms with Gasteiger partial charge in [-0.3, -0.25) is 4.79 Å². The maximum absolute atomic E-state index is 13.1. The zero-order chi connectivity index (χ0) is 20.0. The summed E-state index contributed by atoms with van der Waals surface area (Å²) in [6.45, 7) is 4.15. The van der Waals surface area contributed by atoms with Crippen molar-refractivity contribution in [1.29, 1.82) is 0 Å². The molecule has 0 unspecified atom stereocenters. The first-order valence-electron chi connectivity index (χ1n) is 9.41. The summed E-state index contributed by atoms with van der Waals surface area (Å²) in [5, 5.41) is 8.22. The molecule has 5 rings (SSSR count). The molecule has 148 valence electrons. The largest absolute Gasteiger partial charge is 0.454 e. The van der Waals surface area contributed by atoms with Crippen LogP contribution in [0, 0.1) is 0 Å².